The SMILES string of the molecule is NC(c1ccc(F)c(Cl)c1)c1nc2c(s1)CCCC2. The van der Waals surface area contributed by atoms with Gasteiger partial charge in [-0.25, -0.2) is 9.37 Å². The molecular weight excluding hydrogens is 283 g/mol. The van der Waals surface area contributed by atoms with Gasteiger partial charge in [0, 0.05) is 4.88 Å². The van der Waals surface area contributed by atoms with Crippen LogP contribution in [0.4, 0.5) is 4.39 Å². The number of rotatable bonds is 2. The van der Waals surface area contributed by atoms with E-state index in [-0.39, 0.29) is 11.1 Å². The molecule has 1 unspecified atom stereocenters. The van der Waals surface area contributed by atoms with E-state index >= 15 is 0 Å². The molecule has 0 fully saturated rings. The summed E-state index contributed by atoms with van der Waals surface area (Å²) in [5.41, 5.74) is 8.21. The van der Waals surface area contributed by atoms with Gasteiger partial charge in [0.25, 0.3) is 0 Å². The Morgan fingerprint density at radius 2 is 2.11 bits per heavy atom. The summed E-state index contributed by atoms with van der Waals surface area (Å²) in [6, 6.07) is 4.29. The van der Waals surface area contributed by atoms with Crippen molar-refractivity contribution < 1.29 is 4.39 Å². The van der Waals surface area contributed by atoms with Crippen molar-refractivity contribution in [3.63, 3.8) is 0 Å². The van der Waals surface area contributed by atoms with Crippen LogP contribution in [0.1, 0.15) is 40.0 Å². The topological polar surface area (TPSA) is 38.9 Å². The molecular formula is C14H14ClFN2S. The standard InChI is InChI=1S/C14H14ClFN2S/c15-9-7-8(5-6-10(9)16)13(17)14-18-11-3-1-2-4-12(11)19-14/h5-7,13H,1-4,17H2. The highest BCUT2D eigenvalue weighted by Gasteiger charge is 2.20. The third-order valence-corrected chi connectivity index (χ3v) is 4.96. The number of nitrogens with two attached hydrogens (primary N) is 1. The van der Waals surface area contributed by atoms with Crippen LogP contribution >= 0.6 is 22.9 Å². The molecule has 2 nitrogen and oxygen atoms in total. The summed E-state index contributed by atoms with van der Waals surface area (Å²) >= 11 is 7.47. The second-order valence-electron chi connectivity index (χ2n) is 4.78. The molecule has 2 N–H and O–H groups in total. The van der Waals surface area contributed by atoms with E-state index in [1.165, 1.54) is 29.5 Å². The average molecular weight is 297 g/mol. The molecule has 19 heavy (non-hydrogen) atoms. The van der Waals surface area contributed by atoms with E-state index in [0.29, 0.717) is 0 Å². The quantitative estimate of drug-likeness (QED) is 0.914. The Bertz CT molecular complexity index is 588. The van der Waals surface area contributed by atoms with Crippen LogP contribution in [0.5, 0.6) is 0 Å². The minimum atomic E-state index is -0.420. The van der Waals surface area contributed by atoms with Crippen molar-refractivity contribution in [2.45, 2.75) is 31.7 Å². The van der Waals surface area contributed by atoms with Crippen LogP contribution in [0.25, 0.3) is 0 Å². The molecule has 1 heterocycles. The van der Waals surface area contributed by atoms with Gasteiger partial charge in [-0.2, -0.15) is 0 Å². The summed E-state index contributed by atoms with van der Waals surface area (Å²) in [5.74, 6) is -0.420. The largest absolute Gasteiger partial charge is 0.318 e. The van der Waals surface area contributed by atoms with Crippen LogP contribution in [0.3, 0.4) is 0 Å². The van der Waals surface area contributed by atoms with Gasteiger partial charge in [-0.15, -0.1) is 11.3 Å². The summed E-state index contributed by atoms with van der Waals surface area (Å²) in [6.45, 7) is 0. The lowest BCUT2D eigenvalue weighted by Gasteiger charge is -2.09. The van der Waals surface area contributed by atoms with Gasteiger partial charge in [0.15, 0.2) is 0 Å². The van der Waals surface area contributed by atoms with Crippen LogP contribution < -0.4 is 5.73 Å². The van der Waals surface area contributed by atoms with Crippen molar-refractivity contribution in [2.24, 2.45) is 5.73 Å². The molecule has 1 aliphatic carbocycles. The molecule has 2 aromatic rings. The zero-order valence-electron chi connectivity index (χ0n) is 10.3. The Morgan fingerprint density at radius 1 is 1.32 bits per heavy atom. The zero-order valence-corrected chi connectivity index (χ0v) is 11.9. The van der Waals surface area contributed by atoms with Gasteiger partial charge in [0.1, 0.15) is 10.8 Å². The Labute approximate surface area is 120 Å². The molecule has 0 aliphatic heterocycles. The van der Waals surface area contributed by atoms with Crippen molar-refractivity contribution in [3.8, 4) is 0 Å². The minimum Gasteiger partial charge on any atom is -0.318 e. The highest BCUT2D eigenvalue weighted by atomic mass is 35.5. The number of hydrogen-bond donors (Lipinski definition) is 1. The number of aryl methyl sites for hydroxylation is 2. The number of benzene rings is 1. The maximum atomic E-state index is 13.2. The predicted octanol–water partition coefficient (Wildman–Crippen LogP) is 3.86. The van der Waals surface area contributed by atoms with Crippen LogP contribution in [0.2, 0.25) is 5.02 Å². The maximum Gasteiger partial charge on any atom is 0.141 e. The number of fused-ring (bicyclic) bond motifs is 1. The first-order valence-corrected chi connectivity index (χ1v) is 7.53. The predicted molar refractivity (Wildman–Crippen MR) is 76.2 cm³/mol. The lowest BCUT2D eigenvalue weighted by molar-refractivity contribution is 0.626. The Balaban J connectivity index is 1.92. The monoisotopic (exact) mass is 296 g/mol. The molecule has 0 saturated heterocycles. The summed E-state index contributed by atoms with van der Waals surface area (Å²) in [6.07, 6.45) is 4.58. The lowest BCUT2D eigenvalue weighted by atomic mass is 10.0. The van der Waals surface area contributed by atoms with E-state index in [1.54, 1.807) is 23.5 Å². The van der Waals surface area contributed by atoms with Crippen LogP contribution in [-0.2, 0) is 12.8 Å². The number of aromatic nitrogens is 1. The number of halogens is 2. The third kappa shape index (κ3) is 2.53. The summed E-state index contributed by atoms with van der Waals surface area (Å²) in [5, 5.41) is 1.00. The van der Waals surface area contributed by atoms with Gasteiger partial charge in [-0.3, -0.25) is 0 Å². The molecule has 0 radical (unpaired) electrons. The normalized spacial score (nSPS) is 16.2. The van der Waals surface area contributed by atoms with Crippen molar-refractivity contribution in [1.29, 1.82) is 0 Å². The van der Waals surface area contributed by atoms with Crippen LogP contribution in [0.15, 0.2) is 18.2 Å². The van der Waals surface area contributed by atoms with Crippen molar-refractivity contribution >= 4 is 22.9 Å². The minimum absolute atomic E-state index is 0.106. The fourth-order valence-corrected chi connectivity index (χ4v) is 3.73. The number of nitrogens with zero attached hydrogens (tertiary/aromatic N) is 1. The van der Waals surface area contributed by atoms with Gasteiger partial charge in [0.2, 0.25) is 0 Å². The van der Waals surface area contributed by atoms with E-state index in [0.717, 1.165) is 23.4 Å². The molecule has 0 saturated carbocycles. The third-order valence-electron chi connectivity index (χ3n) is 3.43. The fourth-order valence-electron chi connectivity index (χ4n) is 2.35. The van der Waals surface area contributed by atoms with Crippen LogP contribution in [-0.4, -0.2) is 4.98 Å². The highest BCUT2D eigenvalue weighted by molar-refractivity contribution is 7.11. The smallest absolute Gasteiger partial charge is 0.141 e. The Morgan fingerprint density at radius 3 is 2.84 bits per heavy atom. The second-order valence-corrected chi connectivity index (χ2v) is 6.30. The Hall–Kier alpha value is -0.970. The first kappa shape index (κ1) is 13.0. The molecule has 1 aromatic carbocycles. The molecule has 0 amide bonds. The lowest BCUT2D eigenvalue weighted by Crippen LogP contribution is -2.11. The summed E-state index contributed by atoms with van der Waals surface area (Å²) in [7, 11) is 0. The van der Waals surface area contributed by atoms with Gasteiger partial charge >= 0.3 is 0 Å². The molecule has 1 atom stereocenters. The maximum absolute atomic E-state index is 13.2. The first-order valence-electron chi connectivity index (χ1n) is 6.34. The van der Waals surface area contributed by atoms with Crippen LogP contribution in [0, 0.1) is 5.82 Å². The molecule has 1 aliphatic rings. The highest BCUT2D eigenvalue weighted by Crippen LogP contribution is 2.32. The van der Waals surface area contributed by atoms with Crippen molar-refractivity contribution in [1.82, 2.24) is 4.98 Å². The van der Waals surface area contributed by atoms with Gasteiger partial charge in [0.05, 0.1) is 16.8 Å². The number of thiazole rings is 1. The number of hydrogen-bond acceptors (Lipinski definition) is 3. The van der Waals surface area contributed by atoms with Gasteiger partial charge in [-0.05, 0) is 43.4 Å². The molecule has 0 spiro atoms. The zero-order chi connectivity index (χ0) is 13.4. The summed E-state index contributed by atoms with van der Waals surface area (Å²) in [4.78, 5) is 5.99. The molecule has 5 heteroatoms. The average Bonchev–Trinajstić information content (AvgIpc) is 2.85. The van der Waals surface area contributed by atoms with Gasteiger partial charge in [-0.1, -0.05) is 17.7 Å². The Kier molecular flexibility index (Phi) is 3.56. The van der Waals surface area contributed by atoms with Crippen molar-refractivity contribution in [2.75, 3.05) is 0 Å². The van der Waals surface area contributed by atoms with E-state index in [2.05, 4.69) is 4.98 Å². The van der Waals surface area contributed by atoms with E-state index in [4.69, 9.17) is 17.3 Å². The first-order chi connectivity index (χ1) is 9.15. The van der Waals surface area contributed by atoms with E-state index in [1.807, 2.05) is 0 Å². The fraction of sp³-hybridized carbons (Fsp3) is 0.357. The molecule has 3 rings (SSSR count). The van der Waals surface area contributed by atoms with E-state index < -0.39 is 5.82 Å². The summed E-state index contributed by atoms with van der Waals surface area (Å²) < 4.78 is 13.2. The van der Waals surface area contributed by atoms with E-state index in [9.17, 15) is 4.39 Å². The van der Waals surface area contributed by atoms with Gasteiger partial charge < -0.3 is 5.73 Å². The van der Waals surface area contributed by atoms with Crippen molar-refractivity contribution in [3.05, 3.63) is 50.2 Å². The molecule has 1 aromatic heterocycles. The second kappa shape index (κ2) is 5.19. The molecule has 100 valence electrons. The molecule has 0 bridgehead atoms.